The highest BCUT2D eigenvalue weighted by atomic mass is 19.1. The minimum atomic E-state index is -0.603. The number of benzene rings is 1. The van der Waals surface area contributed by atoms with Gasteiger partial charge in [0.2, 0.25) is 0 Å². The number of piperidine rings is 1. The maximum Gasteiger partial charge on any atom is 0.295 e. The quantitative estimate of drug-likeness (QED) is 0.695. The van der Waals surface area contributed by atoms with Gasteiger partial charge in [0, 0.05) is 19.0 Å². The Morgan fingerprint density at radius 3 is 3.00 bits per heavy atom. The summed E-state index contributed by atoms with van der Waals surface area (Å²) in [6, 6.07) is 3.69. The Hall–Kier alpha value is -2.51. The standard InChI is InChI=1S/C14H16FN5O2/c1-9-16-14(18-17-9)10-3-2-6-19(8-10)12-5-4-11(15)7-13(12)20(21)22/h4-5,7,10H,2-3,6,8H2,1H3,(H,16,17,18). The van der Waals surface area contributed by atoms with Crippen LogP contribution >= 0.6 is 0 Å². The van der Waals surface area contributed by atoms with Crippen LogP contribution in [0.5, 0.6) is 0 Å². The van der Waals surface area contributed by atoms with Gasteiger partial charge < -0.3 is 4.90 Å². The summed E-state index contributed by atoms with van der Waals surface area (Å²) >= 11 is 0. The lowest BCUT2D eigenvalue weighted by atomic mass is 9.96. The molecule has 1 aromatic heterocycles. The first-order chi connectivity index (χ1) is 10.5. The number of hydrogen-bond acceptors (Lipinski definition) is 5. The first-order valence-corrected chi connectivity index (χ1v) is 7.12. The van der Waals surface area contributed by atoms with E-state index in [4.69, 9.17) is 0 Å². The number of anilines is 1. The third-order valence-electron chi connectivity index (χ3n) is 3.88. The van der Waals surface area contributed by atoms with Crippen LogP contribution in [0.25, 0.3) is 0 Å². The number of nitro groups is 1. The average molecular weight is 305 g/mol. The summed E-state index contributed by atoms with van der Waals surface area (Å²) in [5.41, 5.74) is 0.246. The maximum atomic E-state index is 13.3. The van der Waals surface area contributed by atoms with Gasteiger partial charge in [0.1, 0.15) is 17.3 Å². The molecule has 116 valence electrons. The Bertz CT molecular complexity index is 702. The molecule has 1 saturated heterocycles. The second kappa shape index (κ2) is 5.70. The van der Waals surface area contributed by atoms with Crippen molar-refractivity contribution in [3.8, 4) is 0 Å². The Kier molecular flexibility index (Phi) is 3.74. The lowest BCUT2D eigenvalue weighted by Gasteiger charge is -2.32. The van der Waals surface area contributed by atoms with Gasteiger partial charge in [-0.1, -0.05) is 0 Å². The second-order valence-electron chi connectivity index (χ2n) is 5.45. The van der Waals surface area contributed by atoms with E-state index in [0.717, 1.165) is 30.6 Å². The molecule has 0 bridgehead atoms. The molecule has 0 saturated carbocycles. The van der Waals surface area contributed by atoms with Crippen molar-refractivity contribution in [3.63, 3.8) is 0 Å². The van der Waals surface area contributed by atoms with Crippen LogP contribution in [0.15, 0.2) is 18.2 Å². The van der Waals surface area contributed by atoms with Crippen LogP contribution < -0.4 is 4.90 Å². The van der Waals surface area contributed by atoms with Gasteiger partial charge in [-0.05, 0) is 31.9 Å². The highest BCUT2D eigenvalue weighted by Gasteiger charge is 2.28. The van der Waals surface area contributed by atoms with Crippen molar-refractivity contribution in [2.24, 2.45) is 0 Å². The molecule has 1 fully saturated rings. The van der Waals surface area contributed by atoms with Gasteiger partial charge in [-0.2, -0.15) is 5.10 Å². The van der Waals surface area contributed by atoms with Crippen molar-refractivity contribution in [2.45, 2.75) is 25.7 Å². The van der Waals surface area contributed by atoms with Crippen molar-refractivity contribution in [1.82, 2.24) is 15.2 Å². The van der Waals surface area contributed by atoms with Gasteiger partial charge in [-0.15, -0.1) is 0 Å². The summed E-state index contributed by atoms with van der Waals surface area (Å²) in [5, 5.41) is 18.2. The van der Waals surface area contributed by atoms with E-state index in [1.807, 2.05) is 11.8 Å². The fraction of sp³-hybridized carbons (Fsp3) is 0.429. The molecule has 1 aliphatic heterocycles. The average Bonchev–Trinajstić information content (AvgIpc) is 2.94. The third-order valence-corrected chi connectivity index (χ3v) is 3.88. The number of nitro benzene ring substituents is 1. The van der Waals surface area contributed by atoms with Crippen molar-refractivity contribution in [1.29, 1.82) is 0 Å². The van der Waals surface area contributed by atoms with Gasteiger partial charge in [0.15, 0.2) is 5.82 Å². The minimum Gasteiger partial charge on any atom is -0.365 e. The summed E-state index contributed by atoms with van der Waals surface area (Å²) in [6.45, 7) is 3.12. The normalized spacial score (nSPS) is 18.5. The van der Waals surface area contributed by atoms with E-state index in [0.29, 0.717) is 18.8 Å². The van der Waals surface area contributed by atoms with Crippen molar-refractivity contribution < 1.29 is 9.31 Å². The second-order valence-corrected chi connectivity index (χ2v) is 5.45. The molecule has 0 amide bonds. The number of hydrogen-bond donors (Lipinski definition) is 1. The Morgan fingerprint density at radius 2 is 2.32 bits per heavy atom. The summed E-state index contributed by atoms with van der Waals surface area (Å²) in [5.74, 6) is 0.990. The first kappa shape index (κ1) is 14.4. The van der Waals surface area contributed by atoms with Crippen molar-refractivity contribution in [3.05, 3.63) is 45.8 Å². The van der Waals surface area contributed by atoms with Crippen LogP contribution in [-0.2, 0) is 0 Å². The van der Waals surface area contributed by atoms with E-state index in [9.17, 15) is 14.5 Å². The first-order valence-electron chi connectivity index (χ1n) is 7.12. The number of aromatic nitrogens is 3. The third kappa shape index (κ3) is 2.76. The van der Waals surface area contributed by atoms with Crippen LogP contribution in [0.1, 0.15) is 30.4 Å². The smallest absolute Gasteiger partial charge is 0.295 e. The fourth-order valence-corrected chi connectivity index (χ4v) is 2.86. The molecular weight excluding hydrogens is 289 g/mol. The summed E-state index contributed by atoms with van der Waals surface area (Å²) in [4.78, 5) is 16.9. The molecule has 0 aliphatic carbocycles. The summed E-state index contributed by atoms with van der Waals surface area (Å²) in [6.07, 6.45) is 1.82. The van der Waals surface area contributed by atoms with E-state index in [1.54, 1.807) is 0 Å². The van der Waals surface area contributed by atoms with Crippen LogP contribution in [0.3, 0.4) is 0 Å². The van der Waals surface area contributed by atoms with Gasteiger partial charge in [0.25, 0.3) is 5.69 Å². The predicted molar refractivity (Wildman–Crippen MR) is 78.4 cm³/mol. The molecular formula is C14H16FN5O2. The number of H-pyrrole nitrogens is 1. The van der Waals surface area contributed by atoms with Gasteiger partial charge in [0.05, 0.1) is 11.0 Å². The number of aromatic amines is 1. The topological polar surface area (TPSA) is 87.9 Å². The Balaban J connectivity index is 1.87. The van der Waals surface area contributed by atoms with E-state index in [2.05, 4.69) is 15.2 Å². The van der Waals surface area contributed by atoms with E-state index >= 15 is 0 Å². The van der Waals surface area contributed by atoms with Crippen molar-refractivity contribution in [2.75, 3.05) is 18.0 Å². The van der Waals surface area contributed by atoms with E-state index in [1.165, 1.54) is 12.1 Å². The monoisotopic (exact) mass is 305 g/mol. The Morgan fingerprint density at radius 1 is 1.50 bits per heavy atom. The lowest BCUT2D eigenvalue weighted by molar-refractivity contribution is -0.384. The number of halogens is 1. The summed E-state index contributed by atoms with van der Waals surface area (Å²) in [7, 11) is 0. The highest BCUT2D eigenvalue weighted by Crippen LogP contribution is 2.34. The molecule has 0 radical (unpaired) electrons. The molecule has 1 aliphatic rings. The molecule has 22 heavy (non-hydrogen) atoms. The molecule has 7 nitrogen and oxygen atoms in total. The van der Waals surface area contributed by atoms with Gasteiger partial charge in [-0.25, -0.2) is 9.37 Å². The molecule has 8 heteroatoms. The SMILES string of the molecule is Cc1nc(C2CCCN(c3ccc(F)cc3[N+](=O)[O-])C2)n[nH]1. The maximum absolute atomic E-state index is 13.3. The molecule has 1 atom stereocenters. The van der Waals surface area contributed by atoms with Crippen molar-refractivity contribution >= 4 is 11.4 Å². The Labute approximate surface area is 126 Å². The van der Waals surface area contributed by atoms with Crippen LogP contribution in [0.4, 0.5) is 15.8 Å². The van der Waals surface area contributed by atoms with Gasteiger partial charge in [-0.3, -0.25) is 15.2 Å². The molecule has 2 heterocycles. The molecule has 1 N–H and O–H groups in total. The lowest BCUT2D eigenvalue weighted by Crippen LogP contribution is -2.35. The van der Waals surface area contributed by atoms with Crippen LogP contribution in [-0.4, -0.2) is 33.2 Å². The predicted octanol–water partition coefficient (Wildman–Crippen LogP) is 2.54. The number of rotatable bonds is 3. The molecule has 3 rings (SSSR count). The molecule has 1 unspecified atom stereocenters. The number of nitrogens with one attached hydrogen (secondary N) is 1. The molecule has 2 aromatic rings. The fourth-order valence-electron chi connectivity index (χ4n) is 2.86. The largest absolute Gasteiger partial charge is 0.365 e. The number of nitrogens with zero attached hydrogens (tertiary/aromatic N) is 4. The van der Waals surface area contributed by atoms with Crippen LogP contribution in [0, 0.1) is 22.9 Å². The molecule has 1 aromatic carbocycles. The zero-order valence-electron chi connectivity index (χ0n) is 12.1. The zero-order chi connectivity index (χ0) is 15.7. The van der Waals surface area contributed by atoms with Crippen LogP contribution in [0.2, 0.25) is 0 Å². The zero-order valence-corrected chi connectivity index (χ0v) is 12.1. The van der Waals surface area contributed by atoms with E-state index < -0.39 is 10.7 Å². The number of aryl methyl sites for hydroxylation is 1. The molecule has 0 spiro atoms. The summed E-state index contributed by atoms with van der Waals surface area (Å²) < 4.78 is 13.3. The highest BCUT2D eigenvalue weighted by molar-refractivity contribution is 5.63. The minimum absolute atomic E-state index is 0.114. The van der Waals surface area contributed by atoms with Gasteiger partial charge >= 0.3 is 0 Å². The van der Waals surface area contributed by atoms with E-state index in [-0.39, 0.29) is 11.6 Å².